The molecule has 226 valence electrons. The molecule has 48 heavy (non-hydrogen) atoms. The van der Waals surface area contributed by atoms with Gasteiger partial charge in [0.25, 0.3) is 0 Å². The van der Waals surface area contributed by atoms with Crippen molar-refractivity contribution in [1.82, 2.24) is 4.98 Å². The van der Waals surface area contributed by atoms with Gasteiger partial charge in [0.2, 0.25) is 0 Å². The molecule has 0 N–H and O–H groups in total. The molecule has 0 bridgehead atoms. The van der Waals surface area contributed by atoms with Gasteiger partial charge in [-0.1, -0.05) is 140 Å². The van der Waals surface area contributed by atoms with E-state index in [4.69, 9.17) is 4.98 Å². The number of aromatic nitrogens is 1. The molecule has 0 amide bonds. The summed E-state index contributed by atoms with van der Waals surface area (Å²) in [5.41, 5.74) is 9.28. The van der Waals surface area contributed by atoms with Gasteiger partial charge in [-0.3, -0.25) is 4.90 Å². The van der Waals surface area contributed by atoms with Crippen LogP contribution in [0.5, 0.6) is 0 Å². The molecule has 9 rings (SSSR count). The third-order valence-electron chi connectivity index (χ3n) is 9.10. The maximum absolute atomic E-state index is 5.35. The van der Waals surface area contributed by atoms with E-state index in [0.29, 0.717) is 0 Å². The van der Waals surface area contributed by atoms with Crippen LogP contribution in [0.4, 0.5) is 17.2 Å². The Labute approximate surface area is 283 Å². The Morgan fingerprint density at radius 1 is 0.417 bits per heavy atom. The predicted octanol–water partition coefficient (Wildman–Crippen LogP) is 13.1. The van der Waals surface area contributed by atoms with Gasteiger partial charge in [0.15, 0.2) is 0 Å². The van der Waals surface area contributed by atoms with E-state index in [2.05, 4.69) is 187 Å². The van der Waals surface area contributed by atoms with Crippen LogP contribution < -0.4 is 4.90 Å². The average molecular weight is 631 g/mol. The van der Waals surface area contributed by atoms with Crippen molar-refractivity contribution in [2.24, 2.45) is 0 Å². The lowest BCUT2D eigenvalue weighted by molar-refractivity contribution is 1.21. The van der Waals surface area contributed by atoms with E-state index in [0.717, 1.165) is 27.6 Å². The average Bonchev–Trinajstić information content (AvgIpc) is 3.52. The second-order valence-electron chi connectivity index (χ2n) is 12.0. The lowest BCUT2D eigenvalue weighted by Gasteiger charge is -2.27. The number of para-hydroxylation sites is 1. The molecule has 0 spiro atoms. The molecule has 0 aliphatic heterocycles. The van der Waals surface area contributed by atoms with Gasteiger partial charge in [0, 0.05) is 26.7 Å². The van der Waals surface area contributed by atoms with Gasteiger partial charge in [0.1, 0.15) is 10.6 Å². The van der Waals surface area contributed by atoms with Crippen molar-refractivity contribution < 1.29 is 0 Å². The van der Waals surface area contributed by atoms with Gasteiger partial charge in [-0.2, -0.15) is 0 Å². The first-order chi connectivity index (χ1) is 23.8. The Bertz CT molecular complexity index is 2540. The second-order valence-corrected chi connectivity index (χ2v) is 13.1. The number of fused-ring (bicyclic) bond motifs is 4. The summed E-state index contributed by atoms with van der Waals surface area (Å²) in [6.45, 7) is 0. The first kappa shape index (κ1) is 28.2. The zero-order chi connectivity index (χ0) is 31.9. The minimum absolute atomic E-state index is 0.891. The van der Waals surface area contributed by atoms with Crippen molar-refractivity contribution in [1.29, 1.82) is 0 Å². The van der Waals surface area contributed by atoms with Crippen molar-refractivity contribution in [3.05, 3.63) is 182 Å². The third-order valence-corrected chi connectivity index (χ3v) is 10.2. The van der Waals surface area contributed by atoms with E-state index in [9.17, 15) is 0 Å². The minimum atomic E-state index is 0.891. The lowest BCUT2D eigenvalue weighted by Crippen LogP contribution is -2.12. The fourth-order valence-electron chi connectivity index (χ4n) is 6.67. The molecule has 2 nitrogen and oxygen atoms in total. The summed E-state index contributed by atoms with van der Waals surface area (Å²) in [6.07, 6.45) is 0. The number of pyridine rings is 1. The number of hydrogen-bond acceptors (Lipinski definition) is 3. The highest BCUT2D eigenvalue weighted by molar-refractivity contribution is 7.25. The van der Waals surface area contributed by atoms with Crippen molar-refractivity contribution in [2.45, 2.75) is 0 Å². The van der Waals surface area contributed by atoms with Gasteiger partial charge in [-0.05, 0) is 81.1 Å². The van der Waals surface area contributed by atoms with Crippen molar-refractivity contribution in [3.63, 3.8) is 0 Å². The number of hydrogen-bond donors (Lipinski definition) is 0. The van der Waals surface area contributed by atoms with Crippen LogP contribution in [0.2, 0.25) is 0 Å². The zero-order valence-corrected chi connectivity index (χ0v) is 26.9. The summed E-state index contributed by atoms with van der Waals surface area (Å²) >= 11 is 1.76. The Kier molecular flexibility index (Phi) is 7.03. The van der Waals surface area contributed by atoms with Gasteiger partial charge in [-0.25, -0.2) is 4.98 Å². The molecule has 2 aromatic heterocycles. The summed E-state index contributed by atoms with van der Waals surface area (Å²) in [6, 6.07) is 65.0. The highest BCUT2D eigenvalue weighted by atomic mass is 32.1. The normalized spacial score (nSPS) is 11.3. The maximum atomic E-state index is 5.35. The zero-order valence-electron chi connectivity index (χ0n) is 26.1. The molecular weight excluding hydrogens is 601 g/mol. The quantitative estimate of drug-likeness (QED) is 0.182. The van der Waals surface area contributed by atoms with Crippen LogP contribution in [0.15, 0.2) is 182 Å². The fourth-order valence-corrected chi connectivity index (χ4v) is 7.77. The first-order valence-corrected chi connectivity index (χ1v) is 17.0. The van der Waals surface area contributed by atoms with E-state index in [1.807, 2.05) is 0 Å². The number of rotatable bonds is 6. The maximum Gasteiger partial charge on any atom is 0.139 e. The van der Waals surface area contributed by atoms with Crippen LogP contribution in [-0.4, -0.2) is 4.98 Å². The Hall–Kier alpha value is -6.03. The highest BCUT2D eigenvalue weighted by Crippen LogP contribution is 2.43. The van der Waals surface area contributed by atoms with E-state index < -0.39 is 0 Å². The second kappa shape index (κ2) is 12.0. The van der Waals surface area contributed by atoms with E-state index in [-0.39, 0.29) is 0 Å². The lowest BCUT2D eigenvalue weighted by atomic mass is 9.99. The molecular formula is C45H30N2S. The fraction of sp³-hybridized carbons (Fsp3) is 0. The van der Waals surface area contributed by atoms with Gasteiger partial charge in [-0.15, -0.1) is 11.3 Å². The molecule has 0 aliphatic rings. The number of anilines is 3. The number of thiophene rings is 1. The third kappa shape index (κ3) is 5.11. The summed E-state index contributed by atoms with van der Waals surface area (Å²) in [5, 5.41) is 4.95. The summed E-state index contributed by atoms with van der Waals surface area (Å²) in [7, 11) is 0. The van der Waals surface area contributed by atoms with Crippen molar-refractivity contribution >= 4 is 59.6 Å². The van der Waals surface area contributed by atoms with Crippen LogP contribution in [-0.2, 0) is 0 Å². The monoisotopic (exact) mass is 630 g/mol. The summed E-state index contributed by atoms with van der Waals surface area (Å²) in [5.74, 6) is 0.891. The van der Waals surface area contributed by atoms with E-state index in [1.165, 1.54) is 54.1 Å². The molecule has 0 saturated carbocycles. The van der Waals surface area contributed by atoms with E-state index in [1.54, 1.807) is 11.3 Å². The molecule has 0 unspecified atom stereocenters. The predicted molar refractivity (Wildman–Crippen MR) is 206 cm³/mol. The molecule has 0 atom stereocenters. The smallest absolute Gasteiger partial charge is 0.139 e. The molecule has 9 aromatic rings. The molecule has 2 heterocycles. The molecule has 0 fully saturated rings. The Morgan fingerprint density at radius 3 is 1.65 bits per heavy atom. The number of benzene rings is 7. The Balaban J connectivity index is 1.16. The molecule has 7 aromatic carbocycles. The molecule has 0 radical (unpaired) electrons. The largest absolute Gasteiger partial charge is 0.294 e. The van der Waals surface area contributed by atoms with E-state index >= 15 is 0 Å². The van der Waals surface area contributed by atoms with Crippen molar-refractivity contribution in [3.8, 4) is 33.4 Å². The summed E-state index contributed by atoms with van der Waals surface area (Å²) in [4.78, 5) is 8.69. The first-order valence-electron chi connectivity index (χ1n) is 16.2. The standard InChI is InChI=1S/C45H30N2S/c1-3-11-31(12-4-1)32-19-21-33(22-20-32)34-23-25-38(26-24-34)47(42-18-10-9-17-39(42)35-13-5-2-6-14-35)44-28-27-40-41-29-36-15-7-8-16-37(36)30-43(41)48-45(40)46-44/h1-30H. The van der Waals surface area contributed by atoms with Crippen LogP contribution >= 0.6 is 11.3 Å². The summed E-state index contributed by atoms with van der Waals surface area (Å²) < 4.78 is 1.26. The SMILES string of the molecule is c1ccc(-c2ccc(-c3ccc(N(c4ccc5c(n4)sc4cc6ccccc6cc45)c4ccccc4-c4ccccc4)cc3)cc2)cc1. The molecule has 3 heteroatoms. The molecule has 0 saturated heterocycles. The van der Waals surface area contributed by atoms with Gasteiger partial charge >= 0.3 is 0 Å². The topological polar surface area (TPSA) is 16.1 Å². The van der Waals surface area contributed by atoms with Crippen LogP contribution in [0, 0.1) is 0 Å². The minimum Gasteiger partial charge on any atom is -0.294 e. The van der Waals surface area contributed by atoms with Crippen LogP contribution in [0.1, 0.15) is 0 Å². The van der Waals surface area contributed by atoms with Gasteiger partial charge < -0.3 is 0 Å². The number of nitrogens with zero attached hydrogens (tertiary/aromatic N) is 2. The van der Waals surface area contributed by atoms with Crippen LogP contribution in [0.25, 0.3) is 64.5 Å². The van der Waals surface area contributed by atoms with Gasteiger partial charge in [0.05, 0.1) is 5.69 Å². The van der Waals surface area contributed by atoms with Crippen LogP contribution in [0.3, 0.4) is 0 Å². The Morgan fingerprint density at radius 2 is 0.958 bits per heavy atom. The molecule has 0 aliphatic carbocycles. The van der Waals surface area contributed by atoms with Crippen molar-refractivity contribution in [2.75, 3.05) is 4.90 Å². The highest BCUT2D eigenvalue weighted by Gasteiger charge is 2.20.